The number of alkyl halides is 3. The van der Waals surface area contributed by atoms with Gasteiger partial charge in [0.05, 0.1) is 0 Å². The second-order valence-corrected chi connectivity index (χ2v) is 6.71. The number of amides is 2. The third-order valence-corrected chi connectivity index (χ3v) is 5.09. The Kier molecular flexibility index (Phi) is 5.38. The molecule has 2 heterocycles. The number of piperidine rings is 1. The van der Waals surface area contributed by atoms with Crippen LogP contribution in [0.3, 0.4) is 0 Å². The van der Waals surface area contributed by atoms with Crippen LogP contribution in [0.25, 0.3) is 0 Å². The van der Waals surface area contributed by atoms with Gasteiger partial charge in [0.15, 0.2) is 0 Å². The van der Waals surface area contributed by atoms with Crippen molar-refractivity contribution < 1.29 is 22.8 Å². The molecule has 2 fully saturated rings. The Hall–Kier alpha value is -2.25. The van der Waals surface area contributed by atoms with E-state index in [0.717, 1.165) is 23.7 Å². The molecule has 0 spiro atoms. The van der Waals surface area contributed by atoms with E-state index in [-0.39, 0.29) is 24.9 Å². The van der Waals surface area contributed by atoms with Gasteiger partial charge in [-0.1, -0.05) is 18.2 Å². The van der Waals surface area contributed by atoms with Crippen molar-refractivity contribution in [2.45, 2.75) is 19.0 Å². The Morgan fingerprint density at radius 2 is 1.42 bits per heavy atom. The van der Waals surface area contributed by atoms with Gasteiger partial charge in [0.2, 0.25) is 5.91 Å². The zero-order valence-electron chi connectivity index (χ0n) is 14.4. The lowest BCUT2D eigenvalue weighted by molar-refractivity contribution is -0.187. The molecule has 142 valence electrons. The highest BCUT2D eigenvalue weighted by Crippen LogP contribution is 2.25. The largest absolute Gasteiger partial charge is 0.471 e. The van der Waals surface area contributed by atoms with E-state index in [9.17, 15) is 22.8 Å². The van der Waals surface area contributed by atoms with Crippen molar-refractivity contribution in [2.75, 3.05) is 44.2 Å². The molecule has 26 heavy (non-hydrogen) atoms. The third-order valence-electron chi connectivity index (χ3n) is 5.09. The molecule has 0 N–H and O–H groups in total. The maximum absolute atomic E-state index is 12.7. The highest BCUT2D eigenvalue weighted by Gasteiger charge is 2.44. The number of anilines is 1. The van der Waals surface area contributed by atoms with Gasteiger partial charge in [-0.3, -0.25) is 9.59 Å². The van der Waals surface area contributed by atoms with Crippen LogP contribution in [0.2, 0.25) is 0 Å². The molecule has 0 aliphatic carbocycles. The molecular formula is C18H22F3N3O2. The first-order chi connectivity index (χ1) is 12.4. The molecule has 1 aromatic carbocycles. The molecular weight excluding hydrogens is 347 g/mol. The molecule has 0 saturated carbocycles. The number of halogens is 3. The van der Waals surface area contributed by atoms with E-state index >= 15 is 0 Å². The summed E-state index contributed by atoms with van der Waals surface area (Å²) in [5.74, 6) is -2.10. The zero-order chi connectivity index (χ0) is 18.7. The fourth-order valence-corrected chi connectivity index (χ4v) is 3.59. The number of nitrogens with zero attached hydrogens (tertiary/aromatic N) is 3. The monoisotopic (exact) mass is 369 g/mol. The number of likely N-dealkylation sites (tertiary alicyclic amines) is 1. The SMILES string of the molecule is O=C(C1CCN(C(=O)C(F)(F)F)CC1)N1CCN(c2ccccc2)CC1. The quantitative estimate of drug-likeness (QED) is 0.802. The lowest BCUT2D eigenvalue weighted by Gasteiger charge is -2.39. The van der Waals surface area contributed by atoms with Crippen LogP contribution >= 0.6 is 0 Å². The van der Waals surface area contributed by atoms with Gasteiger partial charge in [-0.15, -0.1) is 0 Å². The summed E-state index contributed by atoms with van der Waals surface area (Å²) in [4.78, 5) is 28.7. The Bertz CT molecular complexity index is 635. The molecule has 5 nitrogen and oxygen atoms in total. The lowest BCUT2D eigenvalue weighted by atomic mass is 9.95. The summed E-state index contributed by atoms with van der Waals surface area (Å²) in [6.45, 7) is 2.66. The Balaban J connectivity index is 1.48. The van der Waals surface area contributed by atoms with Crippen LogP contribution in [0.4, 0.5) is 18.9 Å². The molecule has 1 aromatic rings. The number of benzene rings is 1. The summed E-state index contributed by atoms with van der Waals surface area (Å²) < 4.78 is 37.5. The summed E-state index contributed by atoms with van der Waals surface area (Å²) in [6, 6.07) is 9.97. The zero-order valence-corrected chi connectivity index (χ0v) is 14.4. The molecule has 0 unspecified atom stereocenters. The number of para-hydroxylation sites is 1. The summed E-state index contributed by atoms with van der Waals surface area (Å²) in [5, 5.41) is 0. The first kappa shape index (κ1) is 18.5. The van der Waals surface area contributed by atoms with Crippen LogP contribution in [-0.4, -0.2) is 67.1 Å². The van der Waals surface area contributed by atoms with E-state index < -0.39 is 12.1 Å². The van der Waals surface area contributed by atoms with E-state index in [1.807, 2.05) is 30.3 Å². The van der Waals surface area contributed by atoms with E-state index in [1.54, 1.807) is 4.90 Å². The van der Waals surface area contributed by atoms with Crippen molar-refractivity contribution in [3.05, 3.63) is 30.3 Å². The summed E-state index contributed by atoms with van der Waals surface area (Å²) in [5.41, 5.74) is 1.12. The maximum atomic E-state index is 12.7. The number of hydrogen-bond donors (Lipinski definition) is 0. The second-order valence-electron chi connectivity index (χ2n) is 6.71. The molecule has 0 bridgehead atoms. The lowest BCUT2D eigenvalue weighted by Crippen LogP contribution is -2.52. The van der Waals surface area contributed by atoms with Crippen LogP contribution in [0.15, 0.2) is 30.3 Å². The molecule has 0 radical (unpaired) electrons. The molecule has 2 saturated heterocycles. The van der Waals surface area contributed by atoms with Gasteiger partial charge >= 0.3 is 12.1 Å². The van der Waals surface area contributed by atoms with Crippen LogP contribution in [0, 0.1) is 5.92 Å². The van der Waals surface area contributed by atoms with Gasteiger partial charge in [-0.25, -0.2) is 0 Å². The minimum absolute atomic E-state index is 0.00295. The van der Waals surface area contributed by atoms with Crippen molar-refractivity contribution in [3.63, 3.8) is 0 Å². The standard InChI is InChI=1S/C18H22F3N3O2/c19-18(20,21)17(26)24-8-6-14(7-9-24)16(25)23-12-10-22(11-13-23)15-4-2-1-3-5-15/h1-5,14H,6-13H2. The number of hydrogen-bond acceptors (Lipinski definition) is 3. The van der Waals surface area contributed by atoms with Crippen molar-refractivity contribution >= 4 is 17.5 Å². The van der Waals surface area contributed by atoms with E-state index in [0.29, 0.717) is 25.9 Å². The Morgan fingerprint density at radius 1 is 0.846 bits per heavy atom. The van der Waals surface area contributed by atoms with Crippen LogP contribution in [0.1, 0.15) is 12.8 Å². The summed E-state index contributed by atoms with van der Waals surface area (Å²) >= 11 is 0. The fraction of sp³-hybridized carbons (Fsp3) is 0.556. The van der Waals surface area contributed by atoms with Crippen molar-refractivity contribution in [1.29, 1.82) is 0 Å². The highest BCUT2D eigenvalue weighted by atomic mass is 19.4. The molecule has 2 aliphatic rings. The fourth-order valence-electron chi connectivity index (χ4n) is 3.59. The first-order valence-electron chi connectivity index (χ1n) is 8.81. The number of carbonyl (C=O) groups excluding carboxylic acids is 2. The van der Waals surface area contributed by atoms with E-state index in [4.69, 9.17) is 0 Å². The van der Waals surface area contributed by atoms with E-state index in [2.05, 4.69) is 4.90 Å². The predicted molar refractivity (Wildman–Crippen MR) is 90.6 cm³/mol. The van der Waals surface area contributed by atoms with E-state index in [1.165, 1.54) is 0 Å². The van der Waals surface area contributed by atoms with Crippen molar-refractivity contribution in [3.8, 4) is 0 Å². The van der Waals surface area contributed by atoms with Gasteiger partial charge in [0.1, 0.15) is 0 Å². The van der Waals surface area contributed by atoms with Crippen LogP contribution in [-0.2, 0) is 9.59 Å². The predicted octanol–water partition coefficient (Wildman–Crippen LogP) is 2.14. The Morgan fingerprint density at radius 3 is 1.96 bits per heavy atom. The number of rotatable bonds is 2. The third kappa shape index (κ3) is 4.11. The van der Waals surface area contributed by atoms with Gasteiger partial charge < -0.3 is 14.7 Å². The molecule has 0 aromatic heterocycles. The minimum atomic E-state index is -4.84. The Labute approximate surface area is 150 Å². The number of piperazine rings is 1. The smallest absolute Gasteiger partial charge is 0.368 e. The van der Waals surface area contributed by atoms with Crippen LogP contribution < -0.4 is 4.90 Å². The summed E-state index contributed by atoms with van der Waals surface area (Å²) in [6.07, 6.45) is -4.26. The number of carbonyl (C=O) groups is 2. The highest BCUT2D eigenvalue weighted by molar-refractivity contribution is 5.83. The normalized spacial score (nSPS) is 19.6. The van der Waals surface area contributed by atoms with Crippen molar-refractivity contribution in [1.82, 2.24) is 9.80 Å². The average molecular weight is 369 g/mol. The molecule has 3 rings (SSSR count). The van der Waals surface area contributed by atoms with Crippen molar-refractivity contribution in [2.24, 2.45) is 5.92 Å². The molecule has 2 aliphatic heterocycles. The van der Waals surface area contributed by atoms with Gasteiger partial charge in [-0.05, 0) is 25.0 Å². The first-order valence-corrected chi connectivity index (χ1v) is 8.81. The molecule has 8 heteroatoms. The second kappa shape index (κ2) is 7.55. The topological polar surface area (TPSA) is 43.9 Å². The maximum Gasteiger partial charge on any atom is 0.471 e. The molecule has 2 amide bonds. The van der Waals surface area contributed by atoms with Gasteiger partial charge in [0, 0.05) is 50.9 Å². The molecule has 0 atom stereocenters. The minimum Gasteiger partial charge on any atom is -0.368 e. The van der Waals surface area contributed by atoms with Crippen LogP contribution in [0.5, 0.6) is 0 Å². The average Bonchev–Trinajstić information content (AvgIpc) is 2.67. The summed E-state index contributed by atoms with van der Waals surface area (Å²) in [7, 11) is 0. The van der Waals surface area contributed by atoms with Gasteiger partial charge in [0.25, 0.3) is 0 Å². The van der Waals surface area contributed by atoms with Gasteiger partial charge in [-0.2, -0.15) is 13.2 Å².